The van der Waals surface area contributed by atoms with Crippen molar-refractivity contribution in [1.29, 1.82) is 0 Å². The second-order valence-electron chi connectivity index (χ2n) is 9.86. The smallest absolute Gasteiger partial charge is 0.261 e. The van der Waals surface area contributed by atoms with Gasteiger partial charge >= 0.3 is 0 Å². The Kier molecular flexibility index (Phi) is 8.93. The van der Waals surface area contributed by atoms with Crippen LogP contribution in [0.25, 0.3) is 0 Å². The Hall–Kier alpha value is -2.18. The summed E-state index contributed by atoms with van der Waals surface area (Å²) in [5.74, 6) is -0.729. The van der Waals surface area contributed by atoms with E-state index in [0.29, 0.717) is 6.61 Å². The molecule has 0 saturated carbocycles. The molecule has 0 bridgehead atoms. The highest BCUT2D eigenvalue weighted by Crippen LogP contribution is 2.38. The maximum atomic E-state index is 13.0. The van der Waals surface area contributed by atoms with Crippen LogP contribution < -0.4 is 10.4 Å². The molecule has 0 aromatic heterocycles. The second kappa shape index (κ2) is 11.5. The van der Waals surface area contributed by atoms with Gasteiger partial charge in [0.2, 0.25) is 0 Å². The van der Waals surface area contributed by atoms with Gasteiger partial charge in [0.25, 0.3) is 8.32 Å². The van der Waals surface area contributed by atoms with Crippen molar-refractivity contribution in [1.82, 2.24) is 0 Å². The van der Waals surface area contributed by atoms with Gasteiger partial charge in [0.1, 0.15) is 0 Å². The average Bonchev–Trinajstić information content (AvgIpc) is 2.85. The number of aliphatic hydroxyl groups is 1. The van der Waals surface area contributed by atoms with E-state index in [0.717, 1.165) is 5.56 Å². The van der Waals surface area contributed by atoms with Gasteiger partial charge in [0.05, 0.1) is 12.0 Å². The molecule has 0 aliphatic heterocycles. The Morgan fingerprint density at radius 1 is 0.882 bits per heavy atom. The van der Waals surface area contributed by atoms with Gasteiger partial charge in [-0.3, -0.25) is 4.79 Å². The van der Waals surface area contributed by atoms with Gasteiger partial charge < -0.3 is 9.53 Å². The molecule has 3 nitrogen and oxygen atoms in total. The van der Waals surface area contributed by atoms with Crippen LogP contribution in [-0.2, 0) is 9.22 Å². The molecule has 0 unspecified atom stereocenters. The third-order valence-electron chi connectivity index (χ3n) is 6.55. The third kappa shape index (κ3) is 5.55. The van der Waals surface area contributed by atoms with Crippen molar-refractivity contribution in [3.05, 3.63) is 96.6 Å². The Morgan fingerprint density at radius 2 is 1.32 bits per heavy atom. The first-order chi connectivity index (χ1) is 16.2. The minimum absolute atomic E-state index is 0.0186. The summed E-state index contributed by atoms with van der Waals surface area (Å²) >= 11 is 1.17. The minimum Gasteiger partial charge on any atom is -0.407 e. The molecule has 3 aromatic rings. The molecule has 5 heteroatoms. The van der Waals surface area contributed by atoms with Gasteiger partial charge in [0.15, 0.2) is 5.12 Å². The average molecular weight is 493 g/mol. The quantitative estimate of drug-likeness (QED) is 0.404. The fourth-order valence-electron chi connectivity index (χ4n) is 4.79. The van der Waals surface area contributed by atoms with Crippen molar-refractivity contribution < 1.29 is 14.3 Å². The lowest BCUT2D eigenvalue weighted by molar-refractivity contribution is -0.120. The predicted molar refractivity (Wildman–Crippen MR) is 146 cm³/mol. The predicted octanol–water partition coefficient (Wildman–Crippen LogP) is 5.44. The molecule has 0 heterocycles. The lowest BCUT2D eigenvalue weighted by Crippen LogP contribution is -2.67. The molecule has 3 aromatic carbocycles. The normalized spacial score (nSPS) is 14.9. The number of thioether (sulfide) groups is 1. The first-order valence-electron chi connectivity index (χ1n) is 11.8. The number of hydrogen-bond acceptors (Lipinski definition) is 4. The lowest BCUT2D eigenvalue weighted by atomic mass is 9.87. The van der Waals surface area contributed by atoms with Crippen molar-refractivity contribution in [3.63, 3.8) is 0 Å². The highest BCUT2D eigenvalue weighted by molar-refractivity contribution is 8.13. The highest BCUT2D eigenvalue weighted by atomic mass is 32.2. The Morgan fingerprint density at radius 3 is 1.74 bits per heavy atom. The summed E-state index contributed by atoms with van der Waals surface area (Å²) < 4.78 is 7.06. The molecule has 0 spiro atoms. The topological polar surface area (TPSA) is 46.5 Å². The molecule has 3 rings (SSSR count). The zero-order chi connectivity index (χ0) is 24.8. The van der Waals surface area contributed by atoms with Crippen molar-refractivity contribution in [2.24, 2.45) is 11.8 Å². The summed E-state index contributed by atoms with van der Waals surface area (Å²) in [6.45, 7) is 9.13. The first kappa shape index (κ1) is 26.4. The fourth-order valence-corrected chi connectivity index (χ4v) is 10.1. The van der Waals surface area contributed by atoms with Gasteiger partial charge in [0, 0.05) is 6.61 Å². The molecule has 0 radical (unpaired) electrons. The van der Waals surface area contributed by atoms with E-state index in [9.17, 15) is 9.90 Å². The summed E-state index contributed by atoms with van der Waals surface area (Å²) in [6, 6.07) is 30.4. The van der Waals surface area contributed by atoms with Gasteiger partial charge in [-0.05, 0) is 33.1 Å². The second-order valence-corrected chi connectivity index (χ2v) is 15.0. The van der Waals surface area contributed by atoms with E-state index < -0.39 is 20.3 Å². The third-order valence-corrected chi connectivity index (χ3v) is 12.2. The van der Waals surface area contributed by atoms with Crippen LogP contribution in [0.1, 0.15) is 39.4 Å². The molecule has 34 heavy (non-hydrogen) atoms. The summed E-state index contributed by atoms with van der Waals surface area (Å²) in [6.07, 6.45) is 0.905. The van der Waals surface area contributed by atoms with Crippen LogP contribution in [0, 0.1) is 11.8 Å². The van der Waals surface area contributed by atoms with E-state index in [-0.39, 0.29) is 16.1 Å². The standard InChI is InChI=1S/C29H36O3SSi/c1-22(26(28(31)33-5)27(30)23-15-9-6-10-16-23)21-32-34(29(2,3)4,24-17-11-7-12-18-24)25-19-13-8-14-20-25/h6-20,22,26-27,30H,21H2,1-5H3/t22-,26+,27+/m0/s1. The SMILES string of the molecule is CSC(=O)[C@@H]([C@H](O)c1ccccc1)[C@@H](C)CO[Si](c1ccccc1)(c1ccccc1)C(C)(C)C. The number of carbonyl (C=O) groups is 1. The number of benzene rings is 3. The summed E-state index contributed by atoms with van der Waals surface area (Å²) in [7, 11) is -2.72. The number of carbonyl (C=O) groups excluding carboxylic acids is 1. The van der Waals surface area contributed by atoms with E-state index in [1.165, 1.54) is 22.1 Å². The zero-order valence-corrected chi connectivity index (χ0v) is 22.6. The van der Waals surface area contributed by atoms with E-state index in [1.54, 1.807) is 6.26 Å². The van der Waals surface area contributed by atoms with Crippen molar-refractivity contribution in [3.8, 4) is 0 Å². The largest absolute Gasteiger partial charge is 0.407 e. The molecule has 0 fully saturated rings. The molecule has 3 atom stereocenters. The summed E-state index contributed by atoms with van der Waals surface area (Å²) in [5, 5.41) is 13.4. The van der Waals surface area contributed by atoms with E-state index >= 15 is 0 Å². The Bertz CT molecular complexity index is 996. The number of hydrogen-bond donors (Lipinski definition) is 1. The van der Waals surface area contributed by atoms with Crippen LogP contribution >= 0.6 is 11.8 Å². The lowest BCUT2D eigenvalue weighted by Gasteiger charge is -2.44. The van der Waals surface area contributed by atoms with Gasteiger partial charge in [-0.1, -0.05) is 130 Å². The molecule has 180 valence electrons. The van der Waals surface area contributed by atoms with E-state index in [2.05, 4.69) is 69.3 Å². The van der Waals surface area contributed by atoms with Crippen LogP contribution in [0.5, 0.6) is 0 Å². The van der Waals surface area contributed by atoms with Gasteiger partial charge in [-0.15, -0.1) is 0 Å². The molecule has 0 aliphatic rings. The van der Waals surface area contributed by atoms with Gasteiger partial charge in [-0.2, -0.15) is 0 Å². The van der Waals surface area contributed by atoms with E-state index in [4.69, 9.17) is 4.43 Å². The molecular weight excluding hydrogens is 456 g/mol. The van der Waals surface area contributed by atoms with Crippen LogP contribution in [0.3, 0.4) is 0 Å². The van der Waals surface area contributed by atoms with Crippen LogP contribution in [0.15, 0.2) is 91.0 Å². The molecule has 0 aliphatic carbocycles. The molecular formula is C29H36O3SSi. The molecule has 0 saturated heterocycles. The first-order valence-corrected chi connectivity index (χ1v) is 14.9. The Balaban J connectivity index is 2.00. The summed E-state index contributed by atoms with van der Waals surface area (Å²) in [5.41, 5.74) is 0.757. The number of aliphatic hydroxyl groups excluding tert-OH is 1. The zero-order valence-electron chi connectivity index (χ0n) is 20.8. The van der Waals surface area contributed by atoms with Crippen molar-refractivity contribution >= 4 is 35.6 Å². The van der Waals surface area contributed by atoms with Gasteiger partial charge in [-0.25, -0.2) is 0 Å². The van der Waals surface area contributed by atoms with E-state index in [1.807, 2.05) is 49.4 Å². The van der Waals surface area contributed by atoms with Crippen LogP contribution in [-0.4, -0.2) is 31.4 Å². The van der Waals surface area contributed by atoms with Crippen molar-refractivity contribution in [2.45, 2.75) is 38.8 Å². The van der Waals surface area contributed by atoms with Crippen molar-refractivity contribution in [2.75, 3.05) is 12.9 Å². The Labute approximate surface area is 209 Å². The highest BCUT2D eigenvalue weighted by Gasteiger charge is 2.50. The molecule has 0 amide bonds. The fraction of sp³-hybridized carbons (Fsp3) is 0.345. The monoisotopic (exact) mass is 492 g/mol. The molecule has 1 N–H and O–H groups in total. The minimum atomic E-state index is -2.72. The van der Waals surface area contributed by atoms with Crippen LogP contribution in [0.4, 0.5) is 0 Å². The summed E-state index contributed by atoms with van der Waals surface area (Å²) in [4.78, 5) is 13.0. The van der Waals surface area contributed by atoms with Crippen LogP contribution in [0.2, 0.25) is 5.04 Å². The number of rotatable bonds is 9. The maximum absolute atomic E-state index is 13.0. The maximum Gasteiger partial charge on any atom is 0.261 e.